The molecule has 0 unspecified atom stereocenters. The number of hydrogen-bond acceptors (Lipinski definition) is 3. The Bertz CT molecular complexity index is 814. The van der Waals surface area contributed by atoms with Crippen molar-refractivity contribution in [3.63, 3.8) is 0 Å². The van der Waals surface area contributed by atoms with Gasteiger partial charge in [-0.1, -0.05) is 6.07 Å². The molecule has 3 aromatic heterocycles. The van der Waals surface area contributed by atoms with Crippen LogP contribution >= 0.6 is 0 Å². The van der Waals surface area contributed by atoms with Gasteiger partial charge in [-0.3, -0.25) is 4.40 Å². The quantitative estimate of drug-likeness (QED) is 0.737. The van der Waals surface area contributed by atoms with E-state index in [-0.39, 0.29) is 0 Å². The van der Waals surface area contributed by atoms with Gasteiger partial charge in [0.05, 0.1) is 11.9 Å². The van der Waals surface area contributed by atoms with Gasteiger partial charge in [0, 0.05) is 18.5 Å². The molecule has 0 saturated heterocycles. The normalized spacial score (nSPS) is 11.4. The summed E-state index contributed by atoms with van der Waals surface area (Å²) in [7, 11) is 0. The molecule has 0 atom stereocenters. The number of pyridine rings is 1. The smallest absolute Gasteiger partial charge is 0.328 e. The molecule has 0 aromatic carbocycles. The Morgan fingerprint density at radius 2 is 2.25 bits per heavy atom. The standard InChI is InChI=1S/C14H12N4O2/c1-10-8-15-18(9-10)14-11(5-6-13(19)20)17-7-3-2-4-12(17)16-14/h2-9H,1H3,(H,19,20)/b6-5+. The van der Waals surface area contributed by atoms with E-state index in [1.54, 1.807) is 10.9 Å². The maximum absolute atomic E-state index is 10.7. The lowest BCUT2D eigenvalue weighted by Crippen LogP contribution is -1.98. The van der Waals surface area contributed by atoms with Crippen molar-refractivity contribution in [1.82, 2.24) is 19.2 Å². The molecule has 0 aliphatic rings. The maximum Gasteiger partial charge on any atom is 0.328 e. The zero-order chi connectivity index (χ0) is 14.1. The highest BCUT2D eigenvalue weighted by Gasteiger charge is 2.12. The van der Waals surface area contributed by atoms with Crippen molar-refractivity contribution in [2.45, 2.75) is 6.92 Å². The average molecular weight is 268 g/mol. The lowest BCUT2D eigenvalue weighted by Gasteiger charge is -1.99. The molecule has 3 rings (SSSR count). The number of imidazole rings is 1. The number of aromatic nitrogens is 4. The van der Waals surface area contributed by atoms with Crippen molar-refractivity contribution in [2.75, 3.05) is 0 Å². The molecule has 100 valence electrons. The van der Waals surface area contributed by atoms with Crippen molar-refractivity contribution < 1.29 is 9.90 Å². The van der Waals surface area contributed by atoms with E-state index in [1.807, 2.05) is 41.9 Å². The molecule has 20 heavy (non-hydrogen) atoms. The predicted octanol–water partition coefficient (Wildman–Crippen LogP) is 1.93. The lowest BCUT2D eigenvalue weighted by molar-refractivity contribution is -0.131. The van der Waals surface area contributed by atoms with E-state index in [4.69, 9.17) is 5.11 Å². The Morgan fingerprint density at radius 3 is 2.95 bits per heavy atom. The second kappa shape index (κ2) is 4.65. The zero-order valence-corrected chi connectivity index (χ0v) is 10.8. The Morgan fingerprint density at radius 1 is 1.40 bits per heavy atom. The number of nitrogens with zero attached hydrogens (tertiary/aromatic N) is 4. The minimum Gasteiger partial charge on any atom is -0.478 e. The largest absolute Gasteiger partial charge is 0.478 e. The van der Waals surface area contributed by atoms with Gasteiger partial charge in [-0.2, -0.15) is 5.10 Å². The first-order valence-electron chi connectivity index (χ1n) is 6.05. The number of carbonyl (C=O) groups is 1. The van der Waals surface area contributed by atoms with Crippen molar-refractivity contribution >= 4 is 17.7 Å². The lowest BCUT2D eigenvalue weighted by atomic mass is 10.3. The first-order chi connectivity index (χ1) is 9.65. The van der Waals surface area contributed by atoms with Crippen LogP contribution in [0.25, 0.3) is 17.5 Å². The number of aliphatic carboxylic acids is 1. The Hall–Kier alpha value is -2.89. The third-order valence-corrected chi connectivity index (χ3v) is 2.86. The molecule has 0 saturated carbocycles. The topological polar surface area (TPSA) is 72.4 Å². The monoisotopic (exact) mass is 268 g/mol. The number of hydrogen-bond donors (Lipinski definition) is 1. The highest BCUT2D eigenvalue weighted by Crippen LogP contribution is 2.18. The van der Waals surface area contributed by atoms with Crippen LogP contribution in [0.15, 0.2) is 42.9 Å². The summed E-state index contributed by atoms with van der Waals surface area (Å²) in [5, 5.41) is 13.0. The highest BCUT2D eigenvalue weighted by atomic mass is 16.4. The predicted molar refractivity (Wildman–Crippen MR) is 73.7 cm³/mol. The fourth-order valence-corrected chi connectivity index (χ4v) is 2.00. The molecule has 0 bridgehead atoms. The van der Waals surface area contributed by atoms with Gasteiger partial charge in [0.15, 0.2) is 5.82 Å². The van der Waals surface area contributed by atoms with Gasteiger partial charge in [-0.15, -0.1) is 0 Å². The minimum atomic E-state index is -1.00. The van der Waals surface area contributed by atoms with Crippen molar-refractivity contribution in [1.29, 1.82) is 0 Å². The molecule has 0 spiro atoms. The molecule has 0 fully saturated rings. The van der Waals surface area contributed by atoms with E-state index in [0.717, 1.165) is 17.3 Å². The van der Waals surface area contributed by atoms with Gasteiger partial charge >= 0.3 is 5.97 Å². The van der Waals surface area contributed by atoms with E-state index in [9.17, 15) is 4.79 Å². The molecule has 0 aliphatic heterocycles. The van der Waals surface area contributed by atoms with E-state index in [1.165, 1.54) is 6.08 Å². The van der Waals surface area contributed by atoms with Crippen molar-refractivity contribution in [3.8, 4) is 5.82 Å². The summed E-state index contributed by atoms with van der Waals surface area (Å²) in [6, 6.07) is 5.61. The summed E-state index contributed by atoms with van der Waals surface area (Å²) in [6.07, 6.45) is 8.03. The second-order valence-electron chi connectivity index (χ2n) is 4.38. The van der Waals surface area contributed by atoms with Crippen LogP contribution in [-0.4, -0.2) is 30.2 Å². The molecule has 0 amide bonds. The third-order valence-electron chi connectivity index (χ3n) is 2.86. The minimum absolute atomic E-state index is 0.599. The Kier molecular flexibility index (Phi) is 2.83. The Labute approximate surface area is 114 Å². The van der Waals surface area contributed by atoms with E-state index >= 15 is 0 Å². The van der Waals surface area contributed by atoms with Crippen LogP contribution in [0.3, 0.4) is 0 Å². The average Bonchev–Trinajstić information content (AvgIpc) is 2.99. The summed E-state index contributed by atoms with van der Waals surface area (Å²) >= 11 is 0. The SMILES string of the molecule is Cc1cnn(-c2nc3ccccn3c2/C=C/C(=O)O)c1. The van der Waals surface area contributed by atoms with Crippen LogP contribution in [0.1, 0.15) is 11.3 Å². The molecule has 1 N–H and O–H groups in total. The third kappa shape index (κ3) is 2.07. The number of fused-ring (bicyclic) bond motifs is 1. The van der Waals surface area contributed by atoms with E-state index < -0.39 is 5.97 Å². The van der Waals surface area contributed by atoms with Crippen LogP contribution in [0, 0.1) is 6.92 Å². The van der Waals surface area contributed by atoms with Crippen LogP contribution in [0.4, 0.5) is 0 Å². The van der Waals surface area contributed by atoms with E-state index in [2.05, 4.69) is 10.1 Å². The molecule has 6 heteroatoms. The highest BCUT2D eigenvalue weighted by molar-refractivity contribution is 5.85. The molecule has 3 heterocycles. The first kappa shape index (κ1) is 12.2. The van der Waals surface area contributed by atoms with Crippen LogP contribution in [0.5, 0.6) is 0 Å². The van der Waals surface area contributed by atoms with Gasteiger partial charge in [-0.05, 0) is 30.7 Å². The van der Waals surface area contributed by atoms with Crippen molar-refractivity contribution in [2.24, 2.45) is 0 Å². The van der Waals surface area contributed by atoms with Gasteiger partial charge < -0.3 is 5.11 Å². The van der Waals surface area contributed by atoms with Gasteiger partial charge in [0.25, 0.3) is 0 Å². The summed E-state index contributed by atoms with van der Waals surface area (Å²) < 4.78 is 3.47. The molecule has 0 radical (unpaired) electrons. The van der Waals surface area contributed by atoms with Crippen LogP contribution in [0.2, 0.25) is 0 Å². The molecule has 0 aliphatic carbocycles. The number of carboxylic acids is 1. The Balaban J connectivity index is 2.24. The first-order valence-corrected chi connectivity index (χ1v) is 6.05. The number of carboxylic acid groups (broad SMARTS) is 1. The number of rotatable bonds is 3. The maximum atomic E-state index is 10.7. The number of aryl methyl sites for hydroxylation is 1. The van der Waals surface area contributed by atoms with Crippen LogP contribution in [-0.2, 0) is 4.79 Å². The van der Waals surface area contributed by atoms with E-state index in [0.29, 0.717) is 11.5 Å². The second-order valence-corrected chi connectivity index (χ2v) is 4.38. The van der Waals surface area contributed by atoms with Gasteiger partial charge in [-0.25, -0.2) is 14.5 Å². The molecule has 6 nitrogen and oxygen atoms in total. The summed E-state index contributed by atoms with van der Waals surface area (Å²) in [6.45, 7) is 1.94. The zero-order valence-electron chi connectivity index (χ0n) is 10.8. The van der Waals surface area contributed by atoms with Gasteiger partial charge in [0.1, 0.15) is 5.65 Å². The fourth-order valence-electron chi connectivity index (χ4n) is 2.00. The van der Waals surface area contributed by atoms with Crippen LogP contribution < -0.4 is 0 Å². The summed E-state index contributed by atoms with van der Waals surface area (Å²) in [5.41, 5.74) is 2.42. The van der Waals surface area contributed by atoms with Gasteiger partial charge in [0.2, 0.25) is 0 Å². The summed E-state index contributed by atoms with van der Waals surface area (Å²) in [4.78, 5) is 15.2. The molecule has 3 aromatic rings. The molecular weight excluding hydrogens is 256 g/mol. The summed E-state index contributed by atoms with van der Waals surface area (Å²) in [5.74, 6) is -0.403. The molecular formula is C14H12N4O2. The fraction of sp³-hybridized carbons (Fsp3) is 0.0714. The van der Waals surface area contributed by atoms with Crippen molar-refractivity contribution in [3.05, 3.63) is 54.1 Å².